The van der Waals surface area contributed by atoms with E-state index >= 15 is 0 Å². The minimum absolute atomic E-state index is 0.0589. The van der Waals surface area contributed by atoms with E-state index in [9.17, 15) is 9.59 Å². The number of ether oxygens (including phenoxy) is 1. The fourth-order valence-electron chi connectivity index (χ4n) is 2.85. The lowest BCUT2D eigenvalue weighted by molar-refractivity contribution is -0.125. The van der Waals surface area contributed by atoms with Gasteiger partial charge in [0.1, 0.15) is 5.75 Å². The summed E-state index contributed by atoms with van der Waals surface area (Å²) in [6.45, 7) is 6.37. The molecule has 0 saturated heterocycles. The monoisotopic (exact) mass is 338 g/mol. The van der Waals surface area contributed by atoms with Crippen LogP contribution in [0.15, 0.2) is 42.5 Å². The van der Waals surface area contributed by atoms with Crippen LogP contribution in [0.1, 0.15) is 36.2 Å². The highest BCUT2D eigenvalue weighted by Gasteiger charge is 2.31. The van der Waals surface area contributed by atoms with Crippen LogP contribution >= 0.6 is 0 Å². The molecule has 0 radical (unpaired) electrons. The summed E-state index contributed by atoms with van der Waals surface area (Å²) < 4.78 is 5.67. The van der Waals surface area contributed by atoms with Crippen molar-refractivity contribution in [1.82, 2.24) is 0 Å². The number of benzene rings is 2. The zero-order chi connectivity index (χ0) is 18.0. The molecular formula is C20H22N2O3. The van der Waals surface area contributed by atoms with Gasteiger partial charge >= 0.3 is 0 Å². The maximum Gasteiger partial charge on any atom is 0.267 e. The second kappa shape index (κ2) is 6.97. The van der Waals surface area contributed by atoms with Crippen LogP contribution < -0.4 is 15.0 Å². The Labute approximate surface area is 147 Å². The number of amides is 2. The van der Waals surface area contributed by atoms with E-state index in [4.69, 9.17) is 4.74 Å². The molecule has 5 nitrogen and oxygen atoms in total. The van der Waals surface area contributed by atoms with Gasteiger partial charge < -0.3 is 15.0 Å². The van der Waals surface area contributed by atoms with Crippen molar-refractivity contribution >= 4 is 23.2 Å². The van der Waals surface area contributed by atoms with Gasteiger partial charge in [0.15, 0.2) is 6.10 Å². The van der Waals surface area contributed by atoms with Crippen LogP contribution in [0.2, 0.25) is 0 Å². The van der Waals surface area contributed by atoms with Crippen LogP contribution in [-0.2, 0) is 4.79 Å². The average Bonchev–Trinajstić information content (AvgIpc) is 2.60. The van der Waals surface area contributed by atoms with Crippen molar-refractivity contribution < 1.29 is 14.3 Å². The lowest BCUT2D eigenvalue weighted by Crippen LogP contribution is -2.44. The molecule has 0 aromatic heterocycles. The van der Waals surface area contributed by atoms with Crippen LogP contribution in [0.3, 0.4) is 0 Å². The summed E-state index contributed by atoms with van der Waals surface area (Å²) in [5, 5.41) is 2.88. The normalized spacial score (nSPS) is 16.2. The Hall–Kier alpha value is -2.82. The number of nitrogens with one attached hydrogen (secondary N) is 1. The van der Waals surface area contributed by atoms with Gasteiger partial charge in [0.2, 0.25) is 0 Å². The molecule has 0 fully saturated rings. The second-order valence-corrected chi connectivity index (χ2v) is 6.25. The molecule has 1 unspecified atom stereocenters. The zero-order valence-corrected chi connectivity index (χ0v) is 14.7. The third kappa shape index (κ3) is 3.50. The average molecular weight is 338 g/mol. The van der Waals surface area contributed by atoms with Crippen LogP contribution in [-0.4, -0.2) is 24.5 Å². The van der Waals surface area contributed by atoms with Gasteiger partial charge in [-0.05, 0) is 50.6 Å². The molecule has 2 aromatic carbocycles. The van der Waals surface area contributed by atoms with Crippen molar-refractivity contribution in [2.45, 2.75) is 33.3 Å². The molecule has 25 heavy (non-hydrogen) atoms. The molecule has 5 heteroatoms. The number of carbonyl (C=O) groups excluding carboxylic acids is 2. The molecule has 2 aromatic rings. The highest BCUT2D eigenvalue weighted by Crippen LogP contribution is 2.36. The van der Waals surface area contributed by atoms with Gasteiger partial charge in [-0.3, -0.25) is 9.59 Å². The zero-order valence-electron chi connectivity index (χ0n) is 14.7. The maximum atomic E-state index is 12.4. The molecule has 1 heterocycles. The Balaban J connectivity index is 1.86. The molecule has 1 aliphatic rings. The van der Waals surface area contributed by atoms with Gasteiger partial charge in [-0.15, -0.1) is 0 Å². The predicted octanol–water partition coefficient (Wildman–Crippen LogP) is 3.77. The van der Waals surface area contributed by atoms with Gasteiger partial charge in [0, 0.05) is 17.8 Å². The number of carbonyl (C=O) groups is 2. The molecule has 1 N–H and O–H groups in total. The van der Waals surface area contributed by atoms with Gasteiger partial charge in [0.25, 0.3) is 11.8 Å². The van der Waals surface area contributed by atoms with E-state index in [1.54, 1.807) is 42.2 Å². The van der Waals surface area contributed by atoms with E-state index in [-0.39, 0.29) is 11.8 Å². The van der Waals surface area contributed by atoms with E-state index in [0.29, 0.717) is 29.2 Å². The molecule has 0 aliphatic carbocycles. The smallest absolute Gasteiger partial charge is 0.267 e. The number of nitrogens with zero attached hydrogens (tertiary/aromatic N) is 1. The summed E-state index contributed by atoms with van der Waals surface area (Å²) in [5.74, 6) is 0.420. The Bertz CT molecular complexity index is 799. The molecule has 0 spiro atoms. The predicted molar refractivity (Wildman–Crippen MR) is 98.3 cm³/mol. The van der Waals surface area contributed by atoms with E-state index < -0.39 is 6.10 Å². The number of hydrogen-bond donors (Lipinski definition) is 1. The lowest BCUT2D eigenvalue weighted by Gasteiger charge is -2.33. The first kappa shape index (κ1) is 17.0. The van der Waals surface area contributed by atoms with Gasteiger partial charge in [-0.25, -0.2) is 0 Å². The Morgan fingerprint density at radius 1 is 1.20 bits per heavy atom. The summed E-state index contributed by atoms with van der Waals surface area (Å²) in [7, 11) is 0. The fourth-order valence-corrected chi connectivity index (χ4v) is 2.85. The largest absolute Gasteiger partial charge is 0.479 e. The number of fused-ring (bicyclic) bond motifs is 1. The van der Waals surface area contributed by atoms with E-state index in [1.807, 2.05) is 26.0 Å². The summed E-state index contributed by atoms with van der Waals surface area (Å²) in [4.78, 5) is 26.5. The van der Waals surface area contributed by atoms with Crippen molar-refractivity contribution in [3.63, 3.8) is 0 Å². The standard InChI is InChI=1S/C20H22N2O3/c1-4-11-22-17-12-16(9-10-18(17)25-14(3)20(22)24)21-19(23)15-7-5-13(2)6-8-15/h5-10,12,14H,4,11H2,1-3H3,(H,21,23). The maximum absolute atomic E-state index is 12.4. The number of hydrogen-bond acceptors (Lipinski definition) is 3. The summed E-state index contributed by atoms with van der Waals surface area (Å²) in [5.41, 5.74) is 3.03. The third-order valence-electron chi connectivity index (χ3n) is 4.19. The molecular weight excluding hydrogens is 316 g/mol. The molecule has 2 amide bonds. The van der Waals surface area contributed by atoms with Crippen LogP contribution in [0.5, 0.6) is 5.75 Å². The minimum atomic E-state index is -0.493. The van der Waals surface area contributed by atoms with Crippen molar-refractivity contribution in [2.75, 3.05) is 16.8 Å². The van der Waals surface area contributed by atoms with Crippen molar-refractivity contribution in [3.8, 4) is 5.75 Å². The highest BCUT2D eigenvalue weighted by molar-refractivity contribution is 6.05. The Morgan fingerprint density at radius 2 is 1.92 bits per heavy atom. The second-order valence-electron chi connectivity index (χ2n) is 6.25. The SMILES string of the molecule is CCCN1C(=O)C(C)Oc2ccc(NC(=O)c3ccc(C)cc3)cc21. The molecule has 3 rings (SSSR count). The van der Waals surface area contributed by atoms with Crippen molar-refractivity contribution in [2.24, 2.45) is 0 Å². The molecule has 1 aliphatic heterocycles. The molecule has 1 atom stereocenters. The molecule has 130 valence electrons. The summed E-state index contributed by atoms with van der Waals surface area (Å²) in [6.07, 6.45) is 0.352. The molecule has 0 saturated carbocycles. The van der Waals surface area contributed by atoms with Gasteiger partial charge in [-0.2, -0.15) is 0 Å². The first-order valence-corrected chi connectivity index (χ1v) is 8.49. The number of rotatable bonds is 4. The first-order valence-electron chi connectivity index (χ1n) is 8.49. The third-order valence-corrected chi connectivity index (χ3v) is 4.19. The van der Waals surface area contributed by atoms with Crippen molar-refractivity contribution in [3.05, 3.63) is 53.6 Å². The van der Waals surface area contributed by atoms with E-state index in [0.717, 1.165) is 12.0 Å². The lowest BCUT2D eigenvalue weighted by atomic mass is 10.1. The van der Waals surface area contributed by atoms with E-state index in [2.05, 4.69) is 5.32 Å². The molecule has 0 bridgehead atoms. The topological polar surface area (TPSA) is 58.6 Å². The summed E-state index contributed by atoms with van der Waals surface area (Å²) in [6, 6.07) is 12.8. The van der Waals surface area contributed by atoms with Crippen molar-refractivity contribution in [1.29, 1.82) is 0 Å². The summed E-state index contributed by atoms with van der Waals surface area (Å²) >= 11 is 0. The van der Waals surface area contributed by atoms with Gasteiger partial charge in [0.05, 0.1) is 5.69 Å². The fraction of sp³-hybridized carbons (Fsp3) is 0.300. The number of aryl methyl sites for hydroxylation is 1. The quantitative estimate of drug-likeness (QED) is 0.923. The Kier molecular flexibility index (Phi) is 4.74. The van der Waals surface area contributed by atoms with Crippen LogP contribution in [0, 0.1) is 6.92 Å². The van der Waals surface area contributed by atoms with E-state index in [1.165, 1.54) is 0 Å². The Morgan fingerprint density at radius 3 is 2.60 bits per heavy atom. The number of anilines is 2. The highest BCUT2D eigenvalue weighted by atomic mass is 16.5. The minimum Gasteiger partial charge on any atom is -0.479 e. The van der Waals surface area contributed by atoms with Crippen LogP contribution in [0.25, 0.3) is 0 Å². The first-order chi connectivity index (χ1) is 12.0. The van der Waals surface area contributed by atoms with Crippen LogP contribution in [0.4, 0.5) is 11.4 Å². The van der Waals surface area contributed by atoms with Gasteiger partial charge in [-0.1, -0.05) is 24.6 Å².